The maximum atomic E-state index is 12.6. The summed E-state index contributed by atoms with van der Waals surface area (Å²) in [5, 5.41) is 8.99. The second-order valence-corrected chi connectivity index (χ2v) is 5.55. The highest BCUT2D eigenvalue weighted by atomic mass is 16.3. The molecule has 1 amide bonds. The van der Waals surface area contributed by atoms with Gasteiger partial charge in [-0.05, 0) is 38.4 Å². The standard InChI is InChI=1S/C15H23N3O3/c1-11-10-12(2)16-14(20)13(11)15(21)18-5-3-4-17(6-7-18)8-9-19/h10,19H,3-9H2,1-2H3,(H,16,20). The number of carbonyl (C=O) groups is 1. The molecule has 0 atom stereocenters. The van der Waals surface area contributed by atoms with Crippen LogP contribution in [0.3, 0.4) is 0 Å². The van der Waals surface area contributed by atoms with E-state index in [0.717, 1.165) is 30.8 Å². The van der Waals surface area contributed by atoms with Gasteiger partial charge in [-0.2, -0.15) is 0 Å². The van der Waals surface area contributed by atoms with Gasteiger partial charge >= 0.3 is 0 Å². The normalized spacial score (nSPS) is 16.8. The van der Waals surface area contributed by atoms with Crippen LogP contribution in [-0.2, 0) is 0 Å². The minimum atomic E-state index is -0.311. The zero-order chi connectivity index (χ0) is 15.4. The highest BCUT2D eigenvalue weighted by molar-refractivity contribution is 5.95. The van der Waals surface area contributed by atoms with Crippen molar-refractivity contribution in [1.29, 1.82) is 0 Å². The second kappa shape index (κ2) is 6.87. The lowest BCUT2D eigenvalue weighted by atomic mass is 10.1. The number of aliphatic hydroxyl groups excluding tert-OH is 1. The number of aromatic nitrogens is 1. The van der Waals surface area contributed by atoms with E-state index in [1.54, 1.807) is 18.7 Å². The van der Waals surface area contributed by atoms with Gasteiger partial charge in [0.05, 0.1) is 6.61 Å². The van der Waals surface area contributed by atoms with Crippen LogP contribution in [0, 0.1) is 13.8 Å². The average molecular weight is 293 g/mol. The highest BCUT2D eigenvalue weighted by Crippen LogP contribution is 2.10. The molecule has 1 fully saturated rings. The van der Waals surface area contributed by atoms with Crippen LogP contribution in [0.5, 0.6) is 0 Å². The molecule has 1 aromatic rings. The molecular formula is C15H23N3O3. The van der Waals surface area contributed by atoms with Gasteiger partial charge in [0.15, 0.2) is 0 Å². The first-order valence-electron chi connectivity index (χ1n) is 7.36. The first-order valence-corrected chi connectivity index (χ1v) is 7.36. The van der Waals surface area contributed by atoms with Gasteiger partial charge in [-0.15, -0.1) is 0 Å². The molecule has 0 aromatic carbocycles. The Morgan fingerprint density at radius 3 is 2.71 bits per heavy atom. The van der Waals surface area contributed by atoms with Gasteiger partial charge in [-0.1, -0.05) is 0 Å². The number of nitrogens with one attached hydrogen (secondary N) is 1. The number of hydrogen-bond donors (Lipinski definition) is 2. The molecule has 1 aliphatic heterocycles. The van der Waals surface area contributed by atoms with Crippen LogP contribution < -0.4 is 5.56 Å². The van der Waals surface area contributed by atoms with Crippen LogP contribution in [0.25, 0.3) is 0 Å². The minimum Gasteiger partial charge on any atom is -0.395 e. The molecule has 0 unspecified atom stereocenters. The monoisotopic (exact) mass is 293 g/mol. The molecule has 0 spiro atoms. The van der Waals surface area contributed by atoms with Crippen molar-refractivity contribution in [3.8, 4) is 0 Å². The molecule has 0 saturated carbocycles. The number of nitrogens with zero attached hydrogens (tertiary/aromatic N) is 2. The van der Waals surface area contributed by atoms with Crippen LogP contribution in [0.1, 0.15) is 28.0 Å². The number of hydrogen-bond acceptors (Lipinski definition) is 4. The molecule has 2 heterocycles. The minimum absolute atomic E-state index is 0.130. The van der Waals surface area contributed by atoms with E-state index < -0.39 is 0 Å². The fourth-order valence-corrected chi connectivity index (χ4v) is 2.82. The van der Waals surface area contributed by atoms with Gasteiger partial charge in [0.1, 0.15) is 5.56 Å². The van der Waals surface area contributed by atoms with E-state index in [0.29, 0.717) is 19.6 Å². The third-order valence-electron chi connectivity index (χ3n) is 3.87. The molecule has 2 N–H and O–H groups in total. The molecule has 116 valence electrons. The number of H-pyrrole nitrogens is 1. The van der Waals surface area contributed by atoms with Gasteiger partial charge < -0.3 is 15.0 Å². The molecule has 1 aromatic heterocycles. The molecule has 0 aliphatic carbocycles. The Hall–Kier alpha value is -1.66. The molecule has 2 rings (SSSR count). The number of β-amino-alcohol motifs (C(OH)–C–C–N with tert-alkyl or cyclic N) is 1. The van der Waals surface area contributed by atoms with Gasteiger partial charge in [0, 0.05) is 31.9 Å². The number of rotatable bonds is 3. The first-order chi connectivity index (χ1) is 10.0. The Labute approximate surface area is 124 Å². The number of amides is 1. The van der Waals surface area contributed by atoms with Crippen molar-refractivity contribution in [2.24, 2.45) is 0 Å². The Morgan fingerprint density at radius 2 is 2.05 bits per heavy atom. The summed E-state index contributed by atoms with van der Waals surface area (Å²) in [5.74, 6) is -0.195. The summed E-state index contributed by atoms with van der Waals surface area (Å²) in [7, 11) is 0. The molecule has 21 heavy (non-hydrogen) atoms. The van der Waals surface area contributed by atoms with Crippen molar-refractivity contribution in [3.63, 3.8) is 0 Å². The maximum Gasteiger partial charge on any atom is 0.261 e. The number of carbonyl (C=O) groups excluding carboxylic acids is 1. The van der Waals surface area contributed by atoms with Crippen molar-refractivity contribution in [3.05, 3.63) is 33.2 Å². The van der Waals surface area contributed by atoms with Crippen LogP contribution in [-0.4, -0.2) is 65.1 Å². The highest BCUT2D eigenvalue weighted by Gasteiger charge is 2.23. The average Bonchev–Trinajstić information content (AvgIpc) is 2.63. The maximum absolute atomic E-state index is 12.6. The summed E-state index contributed by atoms with van der Waals surface area (Å²) >= 11 is 0. The van der Waals surface area contributed by atoms with Gasteiger partial charge in [0.25, 0.3) is 11.5 Å². The predicted molar refractivity (Wildman–Crippen MR) is 80.6 cm³/mol. The van der Waals surface area contributed by atoms with Gasteiger partial charge in [-0.25, -0.2) is 0 Å². The van der Waals surface area contributed by atoms with Crippen LogP contribution in [0.15, 0.2) is 10.9 Å². The van der Waals surface area contributed by atoms with Crippen molar-refractivity contribution in [1.82, 2.24) is 14.8 Å². The lowest BCUT2D eigenvalue weighted by Gasteiger charge is -2.22. The predicted octanol–water partition coefficient (Wildman–Crippen LogP) is 0.132. The first kappa shape index (κ1) is 15.7. The van der Waals surface area contributed by atoms with Gasteiger partial charge in [0.2, 0.25) is 0 Å². The van der Waals surface area contributed by atoms with E-state index in [2.05, 4.69) is 9.88 Å². The number of pyridine rings is 1. The summed E-state index contributed by atoms with van der Waals surface area (Å²) in [5.41, 5.74) is 1.42. The summed E-state index contributed by atoms with van der Waals surface area (Å²) in [4.78, 5) is 31.2. The third kappa shape index (κ3) is 3.71. The largest absolute Gasteiger partial charge is 0.395 e. The number of aromatic amines is 1. The van der Waals surface area contributed by atoms with E-state index in [-0.39, 0.29) is 23.6 Å². The zero-order valence-corrected chi connectivity index (χ0v) is 12.7. The third-order valence-corrected chi connectivity index (χ3v) is 3.87. The molecule has 1 aliphatic rings. The van der Waals surface area contributed by atoms with E-state index in [1.165, 1.54) is 0 Å². The smallest absolute Gasteiger partial charge is 0.261 e. The summed E-state index contributed by atoms with van der Waals surface area (Å²) in [6, 6.07) is 1.82. The topological polar surface area (TPSA) is 76.6 Å². The lowest BCUT2D eigenvalue weighted by molar-refractivity contribution is 0.0758. The number of aryl methyl sites for hydroxylation is 2. The van der Waals surface area contributed by atoms with Crippen molar-refractivity contribution in [2.75, 3.05) is 39.3 Å². The van der Waals surface area contributed by atoms with Crippen LogP contribution in [0.2, 0.25) is 0 Å². The molecular weight excluding hydrogens is 270 g/mol. The van der Waals surface area contributed by atoms with Crippen molar-refractivity contribution in [2.45, 2.75) is 20.3 Å². The Kier molecular flexibility index (Phi) is 5.14. The molecule has 0 radical (unpaired) electrons. The van der Waals surface area contributed by atoms with E-state index in [9.17, 15) is 9.59 Å². The Bertz CT molecular complexity index is 568. The van der Waals surface area contributed by atoms with E-state index in [4.69, 9.17) is 5.11 Å². The summed E-state index contributed by atoms with van der Waals surface area (Å²) < 4.78 is 0. The van der Waals surface area contributed by atoms with Gasteiger partial charge in [-0.3, -0.25) is 14.5 Å². The second-order valence-electron chi connectivity index (χ2n) is 5.55. The zero-order valence-electron chi connectivity index (χ0n) is 12.7. The fraction of sp³-hybridized carbons (Fsp3) is 0.600. The summed E-state index contributed by atoms with van der Waals surface area (Å²) in [6.07, 6.45) is 0.856. The van der Waals surface area contributed by atoms with Crippen LogP contribution in [0.4, 0.5) is 0 Å². The Balaban J connectivity index is 2.15. The molecule has 6 heteroatoms. The SMILES string of the molecule is Cc1cc(C)c(C(=O)N2CCCN(CCO)CC2)c(=O)[nH]1. The van der Waals surface area contributed by atoms with E-state index in [1.807, 2.05) is 6.07 Å². The summed E-state index contributed by atoms with van der Waals surface area (Å²) in [6.45, 7) is 7.20. The van der Waals surface area contributed by atoms with Crippen molar-refractivity contribution >= 4 is 5.91 Å². The van der Waals surface area contributed by atoms with Crippen molar-refractivity contribution < 1.29 is 9.90 Å². The van der Waals surface area contributed by atoms with E-state index >= 15 is 0 Å². The van der Waals surface area contributed by atoms with Crippen LogP contribution >= 0.6 is 0 Å². The quantitative estimate of drug-likeness (QED) is 0.830. The lowest BCUT2D eigenvalue weighted by Crippen LogP contribution is -2.38. The molecule has 6 nitrogen and oxygen atoms in total. The Morgan fingerprint density at radius 1 is 1.29 bits per heavy atom. The molecule has 1 saturated heterocycles. The number of aliphatic hydroxyl groups is 1. The fourth-order valence-electron chi connectivity index (χ4n) is 2.82. The molecule has 0 bridgehead atoms.